The number of hydrogen-bond donors (Lipinski definition) is 2. The van der Waals surface area contributed by atoms with Crippen molar-refractivity contribution in [2.24, 2.45) is 0 Å². The Bertz CT molecular complexity index is 1250. The summed E-state index contributed by atoms with van der Waals surface area (Å²) in [6, 6.07) is 19.1. The van der Waals surface area contributed by atoms with Crippen LogP contribution >= 0.6 is 0 Å². The number of benzene rings is 4. The number of carbonyl (C=O) groups excluding carboxylic acids is 1. The van der Waals surface area contributed by atoms with Crippen LogP contribution in [0.2, 0.25) is 0 Å². The molecule has 0 aromatic heterocycles. The van der Waals surface area contributed by atoms with E-state index >= 15 is 0 Å². The van der Waals surface area contributed by atoms with Crippen LogP contribution in [-0.4, -0.2) is 23.0 Å². The van der Waals surface area contributed by atoms with Crippen LogP contribution < -0.4 is 5.32 Å². The molecule has 1 atom stereocenters. The van der Waals surface area contributed by atoms with E-state index in [1.54, 1.807) is 0 Å². The normalized spacial score (nSPS) is 12.1. The summed E-state index contributed by atoms with van der Waals surface area (Å²) in [6.45, 7) is 0. The van der Waals surface area contributed by atoms with Crippen LogP contribution in [0.4, 0.5) is 8.78 Å². The second-order valence-corrected chi connectivity index (χ2v) is 7.37. The molecule has 4 aromatic rings. The first-order chi connectivity index (χ1) is 14.9. The molecule has 0 unspecified atom stereocenters. The molecule has 0 bridgehead atoms. The maximum atomic E-state index is 13.9. The van der Waals surface area contributed by atoms with Crippen molar-refractivity contribution >= 4 is 33.4 Å². The molecule has 1 amide bonds. The fourth-order valence-electron chi connectivity index (χ4n) is 3.82. The van der Waals surface area contributed by atoms with E-state index in [1.165, 1.54) is 6.07 Å². The second kappa shape index (κ2) is 8.52. The average molecular weight is 419 g/mol. The van der Waals surface area contributed by atoms with Crippen LogP contribution in [0.15, 0.2) is 72.8 Å². The van der Waals surface area contributed by atoms with Crippen molar-refractivity contribution in [2.75, 3.05) is 0 Å². The van der Waals surface area contributed by atoms with Gasteiger partial charge in [-0.2, -0.15) is 0 Å². The number of amides is 1. The van der Waals surface area contributed by atoms with Gasteiger partial charge < -0.3 is 10.4 Å². The van der Waals surface area contributed by atoms with Gasteiger partial charge in [0.15, 0.2) is 0 Å². The smallest absolute Gasteiger partial charge is 0.326 e. The largest absolute Gasteiger partial charge is 0.480 e. The Labute approximate surface area is 177 Å². The Kier molecular flexibility index (Phi) is 5.62. The Balaban J connectivity index is 1.64. The molecule has 31 heavy (non-hydrogen) atoms. The molecule has 6 heteroatoms. The molecule has 0 spiro atoms. The van der Waals surface area contributed by atoms with Crippen LogP contribution in [0.5, 0.6) is 0 Å². The maximum Gasteiger partial charge on any atom is 0.326 e. The van der Waals surface area contributed by atoms with E-state index in [1.807, 2.05) is 54.6 Å². The number of fused-ring (bicyclic) bond motifs is 2. The first-order valence-corrected chi connectivity index (χ1v) is 9.78. The van der Waals surface area contributed by atoms with Gasteiger partial charge >= 0.3 is 5.97 Å². The first kappa shape index (κ1) is 20.5. The molecular weight excluding hydrogens is 400 g/mol. The van der Waals surface area contributed by atoms with Gasteiger partial charge in [-0.15, -0.1) is 0 Å². The number of nitrogens with one attached hydrogen (secondary N) is 1. The Morgan fingerprint density at radius 1 is 0.871 bits per heavy atom. The first-order valence-electron chi connectivity index (χ1n) is 9.78. The highest BCUT2D eigenvalue weighted by Crippen LogP contribution is 2.29. The summed E-state index contributed by atoms with van der Waals surface area (Å²) in [4.78, 5) is 24.4. The van der Waals surface area contributed by atoms with Crippen LogP contribution in [0, 0.1) is 11.6 Å². The fraction of sp³-hybridized carbons (Fsp3) is 0.120. The molecular formula is C25H19F2NO3. The molecule has 4 aromatic carbocycles. The highest BCUT2D eigenvalue weighted by Gasteiger charge is 2.23. The van der Waals surface area contributed by atoms with E-state index in [4.69, 9.17) is 0 Å². The molecule has 0 heterocycles. The van der Waals surface area contributed by atoms with Crippen LogP contribution in [-0.2, 0) is 22.4 Å². The number of rotatable bonds is 6. The van der Waals surface area contributed by atoms with Gasteiger partial charge in [-0.3, -0.25) is 4.79 Å². The summed E-state index contributed by atoms with van der Waals surface area (Å²) in [7, 11) is 0. The summed E-state index contributed by atoms with van der Waals surface area (Å²) in [5.41, 5.74) is 0.813. The molecule has 0 aliphatic rings. The van der Waals surface area contributed by atoms with Crippen molar-refractivity contribution in [3.05, 3.63) is 95.6 Å². The molecule has 0 fully saturated rings. The van der Waals surface area contributed by atoms with Crippen molar-refractivity contribution in [3.8, 4) is 0 Å². The topological polar surface area (TPSA) is 66.4 Å². The SMILES string of the molecule is O=C(Cc1ccc(F)cc1F)N[C@@H](Cc1c2ccccc2cc2ccccc12)C(=O)O. The van der Waals surface area contributed by atoms with Gasteiger partial charge in [-0.25, -0.2) is 13.6 Å². The van der Waals surface area contributed by atoms with Gasteiger partial charge in [0.25, 0.3) is 0 Å². The van der Waals surface area contributed by atoms with Gasteiger partial charge in [-0.1, -0.05) is 54.6 Å². The minimum absolute atomic E-state index is 0.00125. The number of hydrogen-bond acceptors (Lipinski definition) is 2. The van der Waals surface area contributed by atoms with Crippen molar-refractivity contribution in [3.63, 3.8) is 0 Å². The van der Waals surface area contributed by atoms with E-state index in [9.17, 15) is 23.5 Å². The van der Waals surface area contributed by atoms with Crippen LogP contribution in [0.1, 0.15) is 11.1 Å². The third-order valence-electron chi connectivity index (χ3n) is 5.29. The Morgan fingerprint density at radius 2 is 1.48 bits per heavy atom. The Morgan fingerprint density at radius 3 is 2.06 bits per heavy atom. The standard InChI is InChI=1S/C25H19F2NO3/c26-18-10-9-17(22(27)13-18)12-24(29)28-23(25(30)31)14-21-19-7-3-1-5-15(19)11-16-6-2-4-8-20(16)21/h1-11,13,23H,12,14H2,(H,28,29)(H,30,31)/t23-/m0/s1. The molecule has 0 aliphatic heterocycles. The van der Waals surface area contributed by atoms with Gasteiger partial charge in [0.05, 0.1) is 6.42 Å². The monoisotopic (exact) mass is 419 g/mol. The molecule has 4 rings (SSSR count). The minimum atomic E-state index is -1.20. The van der Waals surface area contributed by atoms with Crippen molar-refractivity contribution in [1.82, 2.24) is 5.32 Å². The number of carbonyl (C=O) groups is 2. The molecule has 0 radical (unpaired) electrons. The third-order valence-corrected chi connectivity index (χ3v) is 5.29. The highest BCUT2D eigenvalue weighted by molar-refractivity contribution is 6.02. The lowest BCUT2D eigenvalue weighted by Crippen LogP contribution is -2.43. The van der Waals surface area contributed by atoms with Crippen molar-refractivity contribution in [2.45, 2.75) is 18.9 Å². The van der Waals surface area contributed by atoms with Crippen molar-refractivity contribution in [1.29, 1.82) is 0 Å². The summed E-state index contributed by atoms with van der Waals surface area (Å²) in [5.74, 6) is -3.43. The lowest BCUT2D eigenvalue weighted by molar-refractivity contribution is -0.141. The minimum Gasteiger partial charge on any atom is -0.480 e. The summed E-state index contributed by atoms with van der Waals surface area (Å²) in [5, 5.41) is 16.0. The van der Waals surface area contributed by atoms with E-state index in [0.717, 1.165) is 33.2 Å². The highest BCUT2D eigenvalue weighted by atomic mass is 19.1. The molecule has 156 valence electrons. The summed E-state index contributed by atoms with van der Waals surface area (Å²) < 4.78 is 26.9. The molecule has 0 saturated heterocycles. The predicted octanol–water partition coefficient (Wildman–Crippen LogP) is 4.63. The maximum absolute atomic E-state index is 13.9. The second-order valence-electron chi connectivity index (χ2n) is 7.37. The van der Waals surface area contributed by atoms with Gasteiger partial charge in [0, 0.05) is 12.5 Å². The molecule has 0 aliphatic carbocycles. The third kappa shape index (κ3) is 4.38. The van der Waals surface area contributed by atoms with E-state index in [-0.39, 0.29) is 18.4 Å². The number of carboxylic acid groups (broad SMARTS) is 1. The number of aliphatic carboxylic acids is 1. The van der Waals surface area contributed by atoms with Crippen LogP contribution in [0.25, 0.3) is 21.5 Å². The molecule has 4 nitrogen and oxygen atoms in total. The van der Waals surface area contributed by atoms with Gasteiger partial charge in [0.2, 0.25) is 5.91 Å². The zero-order chi connectivity index (χ0) is 22.0. The molecule has 0 saturated carbocycles. The fourth-order valence-corrected chi connectivity index (χ4v) is 3.82. The summed E-state index contributed by atoms with van der Waals surface area (Å²) in [6.07, 6.45) is -0.318. The van der Waals surface area contributed by atoms with E-state index < -0.39 is 29.6 Å². The lowest BCUT2D eigenvalue weighted by atomic mass is 9.92. The van der Waals surface area contributed by atoms with E-state index in [0.29, 0.717) is 6.07 Å². The zero-order valence-corrected chi connectivity index (χ0v) is 16.4. The quantitative estimate of drug-likeness (QED) is 0.448. The number of carboxylic acids is 1. The average Bonchev–Trinajstić information content (AvgIpc) is 2.74. The van der Waals surface area contributed by atoms with Crippen molar-refractivity contribution < 1.29 is 23.5 Å². The van der Waals surface area contributed by atoms with Gasteiger partial charge in [0.1, 0.15) is 17.7 Å². The van der Waals surface area contributed by atoms with Gasteiger partial charge in [-0.05, 0) is 44.8 Å². The predicted molar refractivity (Wildman–Crippen MR) is 115 cm³/mol. The zero-order valence-electron chi connectivity index (χ0n) is 16.4. The number of halogens is 2. The lowest BCUT2D eigenvalue weighted by Gasteiger charge is -2.18. The van der Waals surface area contributed by atoms with E-state index in [2.05, 4.69) is 5.32 Å². The Hall–Kier alpha value is -3.80. The summed E-state index contributed by atoms with van der Waals surface area (Å²) >= 11 is 0. The van der Waals surface area contributed by atoms with Crippen LogP contribution in [0.3, 0.4) is 0 Å². The molecule has 2 N–H and O–H groups in total.